The smallest absolute Gasteiger partial charge is 0.397 e. The third-order valence-electron chi connectivity index (χ3n) is 9.77. The molecule has 12 nitrogen and oxygen atoms in total. The van der Waals surface area contributed by atoms with Gasteiger partial charge in [0.15, 0.2) is 6.29 Å². The number of rotatable bonds is 37. The van der Waals surface area contributed by atoms with Crippen LogP contribution >= 0.6 is 0 Å². The molecule has 6 unspecified atom stereocenters. The summed E-state index contributed by atoms with van der Waals surface area (Å²) in [7, 11) is -5.06. The normalized spacial score (nSPS) is 21.1. The highest BCUT2D eigenvalue weighted by Gasteiger charge is 2.48. The average molecular weight is 819 g/mol. The number of unbranched alkanes of at least 4 members (excludes halogenated alkanes) is 18. The van der Waals surface area contributed by atoms with Gasteiger partial charge in [0.05, 0.1) is 19.8 Å². The highest BCUT2D eigenvalue weighted by atomic mass is 32.3. The first-order valence-corrected chi connectivity index (χ1v) is 23.1. The second kappa shape index (κ2) is 35.3. The van der Waals surface area contributed by atoms with Crippen LogP contribution in [0.4, 0.5) is 0 Å². The fourth-order valence-electron chi connectivity index (χ4n) is 6.44. The topological polar surface area (TPSA) is 178 Å². The largest absolute Gasteiger partial charge is 0.457 e. The van der Waals surface area contributed by atoms with E-state index in [0.717, 1.165) is 70.6 Å². The van der Waals surface area contributed by atoms with E-state index in [1.54, 1.807) is 0 Å². The molecule has 0 bridgehead atoms. The predicted molar refractivity (Wildman–Crippen MR) is 220 cm³/mol. The van der Waals surface area contributed by atoms with Gasteiger partial charge in [-0.3, -0.25) is 9.35 Å². The van der Waals surface area contributed by atoms with E-state index < -0.39 is 59.8 Å². The molecule has 0 aromatic carbocycles. The molecule has 1 heterocycles. The van der Waals surface area contributed by atoms with Crippen molar-refractivity contribution in [3.05, 3.63) is 36.5 Å². The number of hydrogen-bond donors (Lipinski definition) is 4. The van der Waals surface area contributed by atoms with Crippen LogP contribution in [0.1, 0.15) is 168 Å². The van der Waals surface area contributed by atoms with Crippen LogP contribution in [-0.2, 0) is 38.3 Å². The van der Waals surface area contributed by atoms with Gasteiger partial charge in [0.1, 0.15) is 30.5 Å². The Labute approximate surface area is 339 Å². The molecular weight excluding hydrogens is 741 g/mol. The molecule has 0 radical (unpaired) electrons. The van der Waals surface area contributed by atoms with Gasteiger partial charge in [-0.1, -0.05) is 147 Å². The highest BCUT2D eigenvalue weighted by molar-refractivity contribution is 7.80. The minimum atomic E-state index is -5.06. The van der Waals surface area contributed by atoms with Crippen molar-refractivity contribution in [2.24, 2.45) is 0 Å². The Kier molecular flexibility index (Phi) is 33.0. The average Bonchev–Trinajstić information content (AvgIpc) is 3.17. The maximum Gasteiger partial charge on any atom is 0.397 e. The summed E-state index contributed by atoms with van der Waals surface area (Å²) in [6.07, 6.45) is 30.5. The van der Waals surface area contributed by atoms with E-state index in [9.17, 15) is 28.5 Å². The number of carbonyl (C=O) groups excluding carboxylic acids is 1. The Morgan fingerprint density at radius 2 is 1.18 bits per heavy atom. The summed E-state index contributed by atoms with van der Waals surface area (Å²) >= 11 is 0. The van der Waals surface area contributed by atoms with Crippen LogP contribution in [-0.4, -0.2) is 97.5 Å². The molecule has 1 aliphatic rings. The van der Waals surface area contributed by atoms with Gasteiger partial charge < -0.3 is 34.3 Å². The molecule has 1 saturated heterocycles. The van der Waals surface area contributed by atoms with Gasteiger partial charge in [-0.2, -0.15) is 8.42 Å². The van der Waals surface area contributed by atoms with Crippen LogP contribution in [0.5, 0.6) is 0 Å². The van der Waals surface area contributed by atoms with E-state index in [0.29, 0.717) is 13.0 Å². The number of ether oxygens (including phenoxy) is 4. The quantitative estimate of drug-likeness (QED) is 0.0203. The maximum atomic E-state index is 12.8. The summed E-state index contributed by atoms with van der Waals surface area (Å²) in [6.45, 7) is 3.92. The first-order valence-electron chi connectivity index (χ1n) is 21.7. The summed E-state index contributed by atoms with van der Waals surface area (Å²) < 4.78 is 58.8. The van der Waals surface area contributed by atoms with Crippen LogP contribution in [0.3, 0.4) is 0 Å². The Hall–Kier alpha value is -1.68. The Bertz CT molecular complexity index is 1130. The molecule has 328 valence electrons. The molecule has 1 aliphatic heterocycles. The molecule has 0 saturated carbocycles. The van der Waals surface area contributed by atoms with Crippen molar-refractivity contribution in [1.29, 1.82) is 0 Å². The van der Waals surface area contributed by atoms with E-state index in [4.69, 9.17) is 23.5 Å². The Balaban J connectivity index is 2.39. The summed E-state index contributed by atoms with van der Waals surface area (Å²) in [5.74, 6) is -0.413. The van der Waals surface area contributed by atoms with Gasteiger partial charge in [-0.15, -0.1) is 0 Å². The molecule has 56 heavy (non-hydrogen) atoms. The molecule has 0 aliphatic carbocycles. The third kappa shape index (κ3) is 28.7. The zero-order valence-electron chi connectivity index (χ0n) is 34.7. The van der Waals surface area contributed by atoms with E-state index in [1.165, 1.54) is 70.6 Å². The zero-order valence-corrected chi connectivity index (χ0v) is 35.5. The van der Waals surface area contributed by atoms with Gasteiger partial charge in [0, 0.05) is 13.0 Å². The lowest BCUT2D eigenvalue weighted by Crippen LogP contribution is -2.60. The van der Waals surface area contributed by atoms with Crippen molar-refractivity contribution in [2.45, 2.75) is 205 Å². The van der Waals surface area contributed by atoms with Gasteiger partial charge in [-0.25, -0.2) is 4.18 Å². The van der Waals surface area contributed by atoms with Gasteiger partial charge >= 0.3 is 16.4 Å². The molecule has 0 aromatic heterocycles. The van der Waals surface area contributed by atoms with E-state index >= 15 is 0 Å². The van der Waals surface area contributed by atoms with Crippen molar-refractivity contribution in [3.8, 4) is 0 Å². The molecule has 13 heteroatoms. The standard InChI is InChI=1S/C43H78O12S/c1-3-5-7-9-11-13-14-15-16-17-18-19-20-21-22-23-24-25-26-28-30-32-39(45)53-37(35-51-33-31-29-27-12-10-8-6-4-2)36-52-43-41(47)42(55-56(48,49)50)40(46)38(34-44)54-43/h14-15,17-18,20-21,37-38,40-44,46-47H,3-13,16,19,22-36H2,1-2H3,(H,48,49,50)/b15-14-,18-17-,21-20-. The van der Waals surface area contributed by atoms with Crippen LogP contribution in [0.25, 0.3) is 0 Å². The second-order valence-electron chi connectivity index (χ2n) is 14.9. The molecule has 4 N–H and O–H groups in total. The highest BCUT2D eigenvalue weighted by Crippen LogP contribution is 2.26. The molecule has 1 rings (SSSR count). The second-order valence-corrected chi connectivity index (χ2v) is 16.0. The number of allylic oxidation sites excluding steroid dienone is 6. The van der Waals surface area contributed by atoms with Crippen molar-refractivity contribution < 1.29 is 56.2 Å². The first kappa shape index (κ1) is 52.3. The third-order valence-corrected chi connectivity index (χ3v) is 10.2. The van der Waals surface area contributed by atoms with Gasteiger partial charge in [0.25, 0.3) is 0 Å². The maximum absolute atomic E-state index is 12.8. The number of aliphatic hydroxyl groups excluding tert-OH is 3. The molecule has 6 atom stereocenters. The number of hydrogen-bond acceptors (Lipinski definition) is 11. The van der Waals surface area contributed by atoms with E-state index in [1.807, 2.05) is 0 Å². The number of aliphatic hydroxyl groups is 3. The van der Waals surface area contributed by atoms with Crippen LogP contribution in [0, 0.1) is 0 Å². The molecule has 0 aromatic rings. The molecule has 0 amide bonds. The van der Waals surface area contributed by atoms with Crippen LogP contribution in [0.15, 0.2) is 36.5 Å². The van der Waals surface area contributed by atoms with Crippen molar-refractivity contribution in [3.63, 3.8) is 0 Å². The molecule has 1 fully saturated rings. The van der Waals surface area contributed by atoms with Crippen molar-refractivity contribution in [1.82, 2.24) is 0 Å². The number of esters is 1. The van der Waals surface area contributed by atoms with E-state index in [2.05, 4.69) is 54.5 Å². The summed E-state index contributed by atoms with van der Waals surface area (Å²) in [5.41, 5.74) is 0. The van der Waals surface area contributed by atoms with Gasteiger partial charge in [0.2, 0.25) is 0 Å². The molecular formula is C43H78O12S. The lowest BCUT2D eigenvalue weighted by molar-refractivity contribution is -0.301. The summed E-state index contributed by atoms with van der Waals surface area (Å²) in [4.78, 5) is 12.8. The zero-order chi connectivity index (χ0) is 41.1. The van der Waals surface area contributed by atoms with Gasteiger partial charge in [-0.05, 0) is 51.4 Å². The van der Waals surface area contributed by atoms with Crippen LogP contribution < -0.4 is 0 Å². The lowest BCUT2D eigenvalue weighted by atomic mass is 9.99. The number of carbonyl (C=O) groups is 1. The summed E-state index contributed by atoms with van der Waals surface area (Å²) in [6, 6.07) is 0. The predicted octanol–water partition coefficient (Wildman–Crippen LogP) is 8.63. The minimum absolute atomic E-state index is 0.0312. The molecule has 0 spiro atoms. The fraction of sp³-hybridized carbons (Fsp3) is 0.837. The van der Waals surface area contributed by atoms with Crippen molar-refractivity contribution in [2.75, 3.05) is 26.4 Å². The van der Waals surface area contributed by atoms with Crippen molar-refractivity contribution >= 4 is 16.4 Å². The summed E-state index contributed by atoms with van der Waals surface area (Å²) in [5, 5.41) is 30.5. The Morgan fingerprint density at radius 3 is 1.71 bits per heavy atom. The Morgan fingerprint density at radius 1 is 0.679 bits per heavy atom. The fourth-order valence-corrected chi connectivity index (χ4v) is 6.95. The van der Waals surface area contributed by atoms with E-state index in [-0.39, 0.29) is 19.6 Å². The first-order chi connectivity index (χ1) is 27.1. The SMILES string of the molecule is CCCCCCC/C=C\C/C=C\C/C=C\CCCCCCCCC(=O)OC(COCCCCCCCCCC)COC1OC(CO)C(O)C(OS(=O)(=O)O)C1O. The van der Waals surface area contributed by atoms with Crippen LogP contribution in [0.2, 0.25) is 0 Å². The lowest BCUT2D eigenvalue weighted by Gasteiger charge is -2.41. The monoisotopic (exact) mass is 819 g/mol. The minimum Gasteiger partial charge on any atom is -0.457 e.